The molecule has 22 heavy (non-hydrogen) atoms. The molecule has 0 saturated carbocycles. The van der Waals surface area contributed by atoms with E-state index < -0.39 is 11.9 Å². The van der Waals surface area contributed by atoms with Gasteiger partial charge in [0.2, 0.25) is 5.91 Å². The summed E-state index contributed by atoms with van der Waals surface area (Å²) in [5.41, 5.74) is 7.10. The lowest BCUT2D eigenvalue weighted by molar-refractivity contribution is -0.118. The lowest BCUT2D eigenvalue weighted by Gasteiger charge is -2.18. The van der Waals surface area contributed by atoms with Crippen LogP contribution in [0.5, 0.6) is 11.5 Å². The molecule has 1 amide bonds. The Morgan fingerprint density at radius 3 is 2.50 bits per heavy atom. The van der Waals surface area contributed by atoms with Gasteiger partial charge in [-0.25, -0.2) is 0 Å². The molecule has 0 unspecified atom stereocenters. The van der Waals surface area contributed by atoms with E-state index in [9.17, 15) is 4.79 Å². The van der Waals surface area contributed by atoms with Crippen molar-refractivity contribution in [2.45, 2.75) is 12.5 Å². The molecular weight excluding hydrogens is 280 g/mol. The van der Waals surface area contributed by atoms with E-state index in [1.807, 2.05) is 48.5 Å². The predicted octanol–water partition coefficient (Wildman–Crippen LogP) is 2.49. The SMILES string of the molecule is NC(=O)[C@@H](Nc1ccc2c(c1)OCCCO2)c1ccccc1. The Balaban J connectivity index is 1.84. The summed E-state index contributed by atoms with van der Waals surface area (Å²) >= 11 is 0. The number of anilines is 1. The van der Waals surface area contributed by atoms with Gasteiger partial charge in [-0.1, -0.05) is 30.3 Å². The molecule has 5 heteroatoms. The highest BCUT2D eigenvalue weighted by Gasteiger charge is 2.18. The molecule has 0 bridgehead atoms. The maximum Gasteiger partial charge on any atom is 0.244 e. The summed E-state index contributed by atoms with van der Waals surface area (Å²) in [6.07, 6.45) is 0.853. The van der Waals surface area contributed by atoms with Gasteiger partial charge in [-0.15, -0.1) is 0 Å². The number of ether oxygens (including phenoxy) is 2. The van der Waals surface area contributed by atoms with Crippen LogP contribution >= 0.6 is 0 Å². The molecule has 0 aromatic heterocycles. The van der Waals surface area contributed by atoms with E-state index in [1.54, 1.807) is 0 Å². The van der Waals surface area contributed by atoms with Crippen molar-refractivity contribution in [1.82, 2.24) is 0 Å². The van der Waals surface area contributed by atoms with Gasteiger partial charge in [0, 0.05) is 18.2 Å². The molecule has 0 radical (unpaired) electrons. The number of benzene rings is 2. The van der Waals surface area contributed by atoms with Gasteiger partial charge in [-0.3, -0.25) is 4.79 Å². The second-order valence-electron chi connectivity index (χ2n) is 5.10. The highest BCUT2D eigenvalue weighted by Crippen LogP contribution is 2.33. The van der Waals surface area contributed by atoms with Gasteiger partial charge in [0.05, 0.1) is 13.2 Å². The predicted molar refractivity (Wildman–Crippen MR) is 84.0 cm³/mol. The van der Waals surface area contributed by atoms with Crippen molar-refractivity contribution in [1.29, 1.82) is 0 Å². The van der Waals surface area contributed by atoms with Crippen LogP contribution in [0.2, 0.25) is 0 Å². The number of fused-ring (bicyclic) bond motifs is 1. The van der Waals surface area contributed by atoms with Gasteiger partial charge in [0.15, 0.2) is 11.5 Å². The first-order valence-electron chi connectivity index (χ1n) is 7.24. The maximum absolute atomic E-state index is 11.8. The monoisotopic (exact) mass is 298 g/mol. The molecule has 0 saturated heterocycles. The maximum atomic E-state index is 11.8. The third kappa shape index (κ3) is 3.14. The quantitative estimate of drug-likeness (QED) is 0.909. The van der Waals surface area contributed by atoms with Crippen molar-refractivity contribution in [3.05, 3.63) is 54.1 Å². The number of hydrogen-bond acceptors (Lipinski definition) is 4. The minimum absolute atomic E-state index is 0.432. The third-order valence-corrected chi connectivity index (χ3v) is 3.48. The topological polar surface area (TPSA) is 73.6 Å². The molecule has 2 aromatic carbocycles. The molecule has 1 atom stereocenters. The van der Waals surface area contributed by atoms with Crippen molar-refractivity contribution >= 4 is 11.6 Å². The molecule has 3 rings (SSSR count). The van der Waals surface area contributed by atoms with Gasteiger partial charge in [0.25, 0.3) is 0 Å². The molecule has 5 nitrogen and oxygen atoms in total. The summed E-state index contributed by atoms with van der Waals surface area (Å²) in [5, 5.41) is 3.16. The molecule has 2 aromatic rings. The summed E-state index contributed by atoms with van der Waals surface area (Å²) in [4.78, 5) is 11.8. The summed E-state index contributed by atoms with van der Waals surface area (Å²) in [6, 6.07) is 14.3. The van der Waals surface area contributed by atoms with Crippen LogP contribution in [0.3, 0.4) is 0 Å². The number of hydrogen-bond donors (Lipinski definition) is 2. The van der Waals surface area contributed by atoms with Gasteiger partial charge in [-0.05, 0) is 17.7 Å². The molecular formula is C17H18N2O3. The zero-order chi connectivity index (χ0) is 15.4. The number of primary amides is 1. The van der Waals surface area contributed by atoms with Gasteiger partial charge in [0.1, 0.15) is 6.04 Å². The summed E-state index contributed by atoms with van der Waals surface area (Å²) in [6.45, 7) is 1.27. The average molecular weight is 298 g/mol. The van der Waals surface area contributed by atoms with E-state index in [-0.39, 0.29) is 0 Å². The van der Waals surface area contributed by atoms with Crippen LogP contribution in [0, 0.1) is 0 Å². The first-order valence-corrected chi connectivity index (χ1v) is 7.24. The number of nitrogens with two attached hydrogens (primary N) is 1. The number of carbonyl (C=O) groups is 1. The van der Waals surface area contributed by atoms with Crippen LogP contribution in [0.25, 0.3) is 0 Å². The molecule has 1 aliphatic rings. The second kappa shape index (κ2) is 6.39. The summed E-state index contributed by atoms with van der Waals surface area (Å²) < 4.78 is 11.3. The molecule has 114 valence electrons. The molecule has 0 spiro atoms. The van der Waals surface area contributed by atoms with Crippen LogP contribution in [-0.2, 0) is 4.79 Å². The van der Waals surface area contributed by atoms with Gasteiger partial charge >= 0.3 is 0 Å². The largest absolute Gasteiger partial charge is 0.490 e. The Morgan fingerprint density at radius 1 is 1.05 bits per heavy atom. The van der Waals surface area contributed by atoms with Crippen molar-refractivity contribution in [3.8, 4) is 11.5 Å². The normalized spacial score (nSPS) is 14.7. The van der Waals surface area contributed by atoms with Crippen LogP contribution < -0.4 is 20.5 Å². The minimum atomic E-state index is -0.592. The first kappa shape index (κ1) is 14.3. The second-order valence-corrected chi connectivity index (χ2v) is 5.10. The molecule has 0 fully saturated rings. The van der Waals surface area contributed by atoms with E-state index in [0.29, 0.717) is 19.0 Å². The number of rotatable bonds is 4. The fraction of sp³-hybridized carbons (Fsp3) is 0.235. The van der Waals surface area contributed by atoms with Crippen LogP contribution in [-0.4, -0.2) is 19.1 Å². The number of amides is 1. The molecule has 1 aliphatic heterocycles. The number of carbonyl (C=O) groups excluding carboxylic acids is 1. The Labute approximate surface area is 129 Å². The van der Waals surface area contributed by atoms with Crippen molar-refractivity contribution in [3.63, 3.8) is 0 Å². The van der Waals surface area contributed by atoms with Crippen molar-refractivity contribution in [2.24, 2.45) is 5.73 Å². The lowest BCUT2D eigenvalue weighted by atomic mass is 10.1. The molecule has 1 heterocycles. The van der Waals surface area contributed by atoms with Crippen molar-refractivity contribution in [2.75, 3.05) is 18.5 Å². The van der Waals surface area contributed by atoms with E-state index in [0.717, 1.165) is 23.4 Å². The first-order chi connectivity index (χ1) is 10.7. The van der Waals surface area contributed by atoms with E-state index in [1.165, 1.54) is 0 Å². The highest BCUT2D eigenvalue weighted by atomic mass is 16.5. The Bertz CT molecular complexity index is 658. The van der Waals surface area contributed by atoms with E-state index in [4.69, 9.17) is 15.2 Å². The van der Waals surface area contributed by atoms with Crippen LogP contribution in [0.15, 0.2) is 48.5 Å². The van der Waals surface area contributed by atoms with E-state index in [2.05, 4.69) is 5.32 Å². The summed E-state index contributed by atoms with van der Waals surface area (Å²) in [7, 11) is 0. The fourth-order valence-corrected chi connectivity index (χ4v) is 2.38. The minimum Gasteiger partial charge on any atom is -0.490 e. The van der Waals surface area contributed by atoms with Gasteiger partial charge < -0.3 is 20.5 Å². The Hall–Kier alpha value is -2.69. The van der Waals surface area contributed by atoms with Crippen molar-refractivity contribution < 1.29 is 14.3 Å². The average Bonchev–Trinajstić information content (AvgIpc) is 2.78. The molecule has 0 aliphatic carbocycles. The standard InChI is InChI=1S/C17H18N2O3/c18-17(20)16(12-5-2-1-3-6-12)19-13-7-8-14-15(11-13)22-10-4-9-21-14/h1-3,5-8,11,16,19H,4,9-10H2,(H2,18,20)/t16-/m0/s1. The fourth-order valence-electron chi connectivity index (χ4n) is 2.38. The van der Waals surface area contributed by atoms with E-state index >= 15 is 0 Å². The Kier molecular flexibility index (Phi) is 4.14. The smallest absolute Gasteiger partial charge is 0.244 e. The molecule has 3 N–H and O–H groups in total. The zero-order valence-electron chi connectivity index (χ0n) is 12.1. The van der Waals surface area contributed by atoms with Gasteiger partial charge in [-0.2, -0.15) is 0 Å². The Morgan fingerprint density at radius 2 is 1.77 bits per heavy atom. The van der Waals surface area contributed by atoms with Crippen LogP contribution in [0.1, 0.15) is 18.0 Å². The number of nitrogens with one attached hydrogen (secondary N) is 1. The van der Waals surface area contributed by atoms with Crippen LogP contribution in [0.4, 0.5) is 5.69 Å². The lowest BCUT2D eigenvalue weighted by Crippen LogP contribution is -2.27. The third-order valence-electron chi connectivity index (χ3n) is 3.48. The summed E-state index contributed by atoms with van der Waals surface area (Å²) in [5.74, 6) is 0.968. The zero-order valence-corrected chi connectivity index (χ0v) is 12.1. The highest BCUT2D eigenvalue weighted by molar-refractivity contribution is 5.84.